The standard InChI is InChI=1S/C16H12ClNO3/c1-9-11(8-14(19)20)4-7-13-15(9)18-16(21-13)10-2-5-12(17)6-3-10/h2-7H,8H2,1H3,(H,19,20). The van der Waals surface area contributed by atoms with Crippen LogP contribution >= 0.6 is 11.6 Å². The Balaban J connectivity index is 2.09. The quantitative estimate of drug-likeness (QED) is 0.791. The van der Waals surface area contributed by atoms with Gasteiger partial charge in [-0.25, -0.2) is 4.98 Å². The van der Waals surface area contributed by atoms with E-state index in [1.54, 1.807) is 24.3 Å². The minimum absolute atomic E-state index is 0.0229. The van der Waals surface area contributed by atoms with Gasteiger partial charge < -0.3 is 9.52 Å². The highest BCUT2D eigenvalue weighted by atomic mass is 35.5. The molecule has 1 heterocycles. The molecule has 0 aliphatic heterocycles. The van der Waals surface area contributed by atoms with Gasteiger partial charge in [0, 0.05) is 10.6 Å². The number of carboxylic acid groups (broad SMARTS) is 1. The van der Waals surface area contributed by atoms with Crippen molar-refractivity contribution in [3.8, 4) is 11.5 Å². The van der Waals surface area contributed by atoms with Crippen LogP contribution < -0.4 is 0 Å². The number of hydrogen-bond donors (Lipinski definition) is 1. The van der Waals surface area contributed by atoms with Gasteiger partial charge in [0.2, 0.25) is 5.89 Å². The number of rotatable bonds is 3. The van der Waals surface area contributed by atoms with Crippen molar-refractivity contribution in [2.75, 3.05) is 0 Å². The molecule has 0 radical (unpaired) electrons. The predicted molar refractivity (Wildman–Crippen MR) is 80.5 cm³/mol. The van der Waals surface area contributed by atoms with E-state index in [-0.39, 0.29) is 6.42 Å². The molecule has 2 aromatic carbocycles. The summed E-state index contributed by atoms with van der Waals surface area (Å²) < 4.78 is 5.73. The van der Waals surface area contributed by atoms with Gasteiger partial charge in [-0.3, -0.25) is 4.79 Å². The maximum Gasteiger partial charge on any atom is 0.307 e. The lowest BCUT2D eigenvalue weighted by Crippen LogP contribution is -2.02. The third-order valence-electron chi connectivity index (χ3n) is 3.36. The van der Waals surface area contributed by atoms with Gasteiger partial charge in [0.15, 0.2) is 5.58 Å². The molecule has 1 aromatic heterocycles. The summed E-state index contributed by atoms with van der Waals surface area (Å²) in [7, 11) is 0. The number of aryl methyl sites for hydroxylation is 1. The van der Waals surface area contributed by atoms with E-state index in [1.165, 1.54) is 0 Å². The summed E-state index contributed by atoms with van der Waals surface area (Å²) in [6, 6.07) is 10.7. The first-order valence-electron chi connectivity index (χ1n) is 6.41. The molecule has 0 saturated heterocycles. The molecule has 0 aliphatic rings. The Morgan fingerprint density at radius 1 is 1.24 bits per heavy atom. The second-order valence-corrected chi connectivity index (χ2v) is 5.23. The molecule has 1 N–H and O–H groups in total. The number of hydrogen-bond acceptors (Lipinski definition) is 3. The maximum absolute atomic E-state index is 10.9. The van der Waals surface area contributed by atoms with Crippen molar-refractivity contribution in [1.82, 2.24) is 4.98 Å². The molecule has 0 bridgehead atoms. The Bertz CT molecular complexity index is 821. The zero-order valence-electron chi connectivity index (χ0n) is 11.3. The molecule has 0 unspecified atom stereocenters. The van der Waals surface area contributed by atoms with Gasteiger partial charge in [-0.1, -0.05) is 17.7 Å². The van der Waals surface area contributed by atoms with Crippen LogP contribution in [0.1, 0.15) is 11.1 Å². The van der Waals surface area contributed by atoms with Gasteiger partial charge in [0.1, 0.15) is 5.52 Å². The van der Waals surface area contributed by atoms with Crippen molar-refractivity contribution in [1.29, 1.82) is 0 Å². The number of oxazole rings is 1. The topological polar surface area (TPSA) is 63.3 Å². The van der Waals surface area contributed by atoms with Gasteiger partial charge in [-0.2, -0.15) is 0 Å². The fourth-order valence-electron chi connectivity index (χ4n) is 2.24. The number of carboxylic acids is 1. The summed E-state index contributed by atoms with van der Waals surface area (Å²) in [5.74, 6) is -0.365. The van der Waals surface area contributed by atoms with E-state index in [9.17, 15) is 4.79 Å². The molecule has 0 fully saturated rings. The summed E-state index contributed by atoms with van der Waals surface area (Å²) >= 11 is 5.87. The first kappa shape index (κ1) is 13.6. The SMILES string of the molecule is Cc1c(CC(=O)O)ccc2oc(-c3ccc(Cl)cc3)nc12. The average molecular weight is 302 g/mol. The molecule has 0 spiro atoms. The number of carbonyl (C=O) groups is 1. The molecular weight excluding hydrogens is 290 g/mol. The zero-order valence-corrected chi connectivity index (χ0v) is 12.0. The van der Waals surface area contributed by atoms with Crippen molar-refractivity contribution in [2.24, 2.45) is 0 Å². The summed E-state index contributed by atoms with van der Waals surface area (Å²) in [5, 5.41) is 9.56. The molecule has 106 valence electrons. The lowest BCUT2D eigenvalue weighted by molar-refractivity contribution is -0.136. The molecule has 0 atom stereocenters. The van der Waals surface area contributed by atoms with Gasteiger partial charge in [0.05, 0.1) is 6.42 Å². The second kappa shape index (κ2) is 5.22. The third kappa shape index (κ3) is 2.62. The average Bonchev–Trinajstić information content (AvgIpc) is 2.87. The molecular formula is C16H12ClNO3. The largest absolute Gasteiger partial charge is 0.481 e. The van der Waals surface area contributed by atoms with Crippen LogP contribution in [0, 0.1) is 6.92 Å². The minimum atomic E-state index is -0.862. The fourth-order valence-corrected chi connectivity index (χ4v) is 2.36. The highest BCUT2D eigenvalue weighted by molar-refractivity contribution is 6.30. The Kier molecular flexibility index (Phi) is 3.39. The number of nitrogens with zero attached hydrogens (tertiary/aromatic N) is 1. The number of aliphatic carboxylic acids is 1. The molecule has 3 aromatic rings. The molecule has 0 aliphatic carbocycles. The van der Waals surface area contributed by atoms with Gasteiger partial charge in [0.25, 0.3) is 0 Å². The van der Waals surface area contributed by atoms with E-state index in [0.29, 0.717) is 22.0 Å². The highest BCUT2D eigenvalue weighted by Crippen LogP contribution is 2.28. The fraction of sp³-hybridized carbons (Fsp3) is 0.125. The Labute approximate surface area is 126 Å². The monoisotopic (exact) mass is 301 g/mol. The first-order valence-corrected chi connectivity index (χ1v) is 6.79. The van der Waals surface area contributed by atoms with Crippen molar-refractivity contribution in [3.05, 3.63) is 52.5 Å². The predicted octanol–water partition coefficient (Wildman–Crippen LogP) is 4.08. The number of halogens is 1. The van der Waals surface area contributed by atoms with Crippen LogP contribution in [0.25, 0.3) is 22.6 Å². The number of aromatic nitrogens is 1. The minimum Gasteiger partial charge on any atom is -0.481 e. The molecule has 21 heavy (non-hydrogen) atoms. The van der Waals surface area contributed by atoms with Crippen LogP contribution in [0.15, 0.2) is 40.8 Å². The Morgan fingerprint density at radius 3 is 2.62 bits per heavy atom. The molecule has 5 heteroatoms. The van der Waals surface area contributed by atoms with E-state index < -0.39 is 5.97 Å². The van der Waals surface area contributed by atoms with Crippen molar-refractivity contribution >= 4 is 28.7 Å². The van der Waals surface area contributed by atoms with Crippen molar-refractivity contribution in [2.45, 2.75) is 13.3 Å². The lowest BCUT2D eigenvalue weighted by atomic mass is 10.0. The van der Waals surface area contributed by atoms with Crippen molar-refractivity contribution < 1.29 is 14.3 Å². The van der Waals surface area contributed by atoms with E-state index in [1.807, 2.05) is 19.1 Å². The van der Waals surface area contributed by atoms with Gasteiger partial charge >= 0.3 is 5.97 Å². The van der Waals surface area contributed by atoms with Gasteiger partial charge in [-0.05, 0) is 48.4 Å². The Morgan fingerprint density at radius 2 is 1.95 bits per heavy atom. The second-order valence-electron chi connectivity index (χ2n) is 4.79. The van der Waals surface area contributed by atoms with Crippen LogP contribution in [0.5, 0.6) is 0 Å². The highest BCUT2D eigenvalue weighted by Gasteiger charge is 2.13. The summed E-state index contributed by atoms with van der Waals surface area (Å²) in [4.78, 5) is 15.3. The lowest BCUT2D eigenvalue weighted by Gasteiger charge is -2.01. The Hall–Kier alpha value is -2.33. The van der Waals surface area contributed by atoms with Crippen LogP contribution in [0.2, 0.25) is 5.02 Å². The summed E-state index contributed by atoms with van der Waals surface area (Å²) in [6.07, 6.45) is -0.0229. The summed E-state index contributed by atoms with van der Waals surface area (Å²) in [5.41, 5.74) is 3.74. The van der Waals surface area contributed by atoms with E-state index >= 15 is 0 Å². The van der Waals surface area contributed by atoms with E-state index in [2.05, 4.69) is 4.98 Å². The number of fused-ring (bicyclic) bond motifs is 1. The maximum atomic E-state index is 10.9. The molecule has 4 nitrogen and oxygen atoms in total. The third-order valence-corrected chi connectivity index (χ3v) is 3.61. The summed E-state index contributed by atoms with van der Waals surface area (Å²) in [6.45, 7) is 1.86. The van der Waals surface area contributed by atoms with Crippen molar-refractivity contribution in [3.63, 3.8) is 0 Å². The van der Waals surface area contributed by atoms with Crippen LogP contribution in [0.3, 0.4) is 0 Å². The molecule has 3 rings (SSSR count). The molecule has 0 saturated carbocycles. The first-order chi connectivity index (χ1) is 10.0. The smallest absolute Gasteiger partial charge is 0.307 e. The van der Waals surface area contributed by atoms with E-state index in [0.717, 1.165) is 16.7 Å². The van der Waals surface area contributed by atoms with Crippen LogP contribution in [0.4, 0.5) is 0 Å². The van der Waals surface area contributed by atoms with E-state index in [4.69, 9.17) is 21.1 Å². The normalized spacial score (nSPS) is 11.0. The molecule has 0 amide bonds. The van der Waals surface area contributed by atoms with Crippen LogP contribution in [-0.4, -0.2) is 16.1 Å². The van der Waals surface area contributed by atoms with Gasteiger partial charge in [-0.15, -0.1) is 0 Å². The number of benzene rings is 2. The van der Waals surface area contributed by atoms with Crippen LogP contribution in [-0.2, 0) is 11.2 Å². The zero-order chi connectivity index (χ0) is 15.0.